The van der Waals surface area contributed by atoms with Gasteiger partial charge in [0.25, 0.3) is 0 Å². The Hall–Kier alpha value is -3.82. The molecule has 5 rings (SSSR count). The van der Waals surface area contributed by atoms with E-state index in [4.69, 9.17) is 22.1 Å². The second-order valence-corrected chi connectivity index (χ2v) is 14.5. The normalized spacial score (nSPS) is 16.6. The van der Waals surface area contributed by atoms with Crippen LogP contribution in [-0.4, -0.2) is 71.1 Å². The molecule has 1 heterocycles. The summed E-state index contributed by atoms with van der Waals surface area (Å²) in [6.07, 6.45) is 0. The molecule has 4 aromatic rings. The molecule has 1 saturated heterocycles. The van der Waals surface area contributed by atoms with E-state index in [0.717, 1.165) is 9.99 Å². The van der Waals surface area contributed by atoms with Crippen LogP contribution in [0.2, 0.25) is 5.02 Å². The molecule has 2 N–H and O–H groups in total. The molecule has 1 aliphatic rings. The smallest absolute Gasteiger partial charge is 0.244 e. The van der Waals surface area contributed by atoms with Crippen molar-refractivity contribution in [1.29, 1.82) is 0 Å². The number of ether oxygens (including phenoxy) is 1. The minimum absolute atomic E-state index is 0.0275. The van der Waals surface area contributed by atoms with E-state index < -0.39 is 67.4 Å². The Bertz CT molecular complexity index is 1950. The lowest BCUT2D eigenvalue weighted by Crippen LogP contribution is -2.60. The fraction of sp³-hybridized carbons (Fsp3) is 0.207. The highest BCUT2D eigenvalue weighted by Crippen LogP contribution is 2.34. The molecule has 15 heteroatoms. The Kier molecular flexibility index (Phi) is 8.57. The van der Waals surface area contributed by atoms with Crippen LogP contribution in [0.3, 0.4) is 0 Å². The molecule has 1 aliphatic heterocycles. The van der Waals surface area contributed by atoms with Gasteiger partial charge in [-0.25, -0.2) is 25.6 Å². The molecule has 10 nitrogen and oxygen atoms in total. The van der Waals surface area contributed by atoms with E-state index in [9.17, 15) is 30.4 Å². The first-order chi connectivity index (χ1) is 20.7. The predicted octanol–water partition coefficient (Wildman–Crippen LogP) is 4.18. The van der Waals surface area contributed by atoms with Gasteiger partial charge in [-0.1, -0.05) is 29.8 Å². The van der Waals surface area contributed by atoms with E-state index in [1.165, 1.54) is 30.3 Å². The maximum atomic E-state index is 15.0. The van der Waals surface area contributed by atoms with Crippen molar-refractivity contribution in [2.45, 2.75) is 15.8 Å². The van der Waals surface area contributed by atoms with E-state index in [0.29, 0.717) is 32.2 Å². The number of rotatable bonds is 8. The largest absolute Gasteiger partial charge is 0.451 e. The zero-order valence-corrected chi connectivity index (χ0v) is 25.8. The van der Waals surface area contributed by atoms with Gasteiger partial charge in [0.1, 0.15) is 11.8 Å². The minimum Gasteiger partial charge on any atom is -0.451 e. The zero-order chi connectivity index (χ0) is 32.0. The number of halogens is 3. The summed E-state index contributed by atoms with van der Waals surface area (Å²) in [5, 5.41) is 1.47. The number of amides is 1. The van der Waals surface area contributed by atoms with Gasteiger partial charge < -0.3 is 15.4 Å². The van der Waals surface area contributed by atoms with E-state index in [1.807, 2.05) is 25.1 Å². The van der Waals surface area contributed by atoms with E-state index >= 15 is 0 Å². The molecule has 0 radical (unpaired) electrons. The quantitative estimate of drug-likeness (QED) is 0.299. The third kappa shape index (κ3) is 5.95. The van der Waals surface area contributed by atoms with Crippen LogP contribution in [0.5, 0.6) is 11.5 Å². The number of carbonyl (C=O) groups excluding carboxylic acids is 1. The van der Waals surface area contributed by atoms with Crippen LogP contribution in [0.1, 0.15) is 0 Å². The second-order valence-electron chi connectivity index (χ2n) is 10.2. The van der Waals surface area contributed by atoms with Crippen LogP contribution in [-0.2, 0) is 24.8 Å². The van der Waals surface area contributed by atoms with Crippen molar-refractivity contribution in [3.63, 3.8) is 0 Å². The average molecular weight is 665 g/mol. The highest BCUT2D eigenvalue weighted by molar-refractivity contribution is 7.89. The van der Waals surface area contributed by atoms with Crippen LogP contribution in [0, 0.1) is 11.6 Å². The second kappa shape index (κ2) is 11.9. The van der Waals surface area contributed by atoms with Gasteiger partial charge in [0.2, 0.25) is 26.0 Å². The number of carbonyl (C=O) groups is 1. The fourth-order valence-electron chi connectivity index (χ4n) is 4.90. The maximum Gasteiger partial charge on any atom is 0.244 e. The van der Waals surface area contributed by atoms with E-state index in [-0.39, 0.29) is 17.2 Å². The lowest BCUT2D eigenvalue weighted by atomic mass is 10.1. The van der Waals surface area contributed by atoms with Crippen LogP contribution in [0.25, 0.3) is 10.8 Å². The van der Waals surface area contributed by atoms with Gasteiger partial charge in [-0.05, 0) is 60.0 Å². The van der Waals surface area contributed by atoms with Crippen molar-refractivity contribution in [3.05, 3.63) is 89.5 Å². The molecular weight excluding hydrogens is 638 g/mol. The van der Waals surface area contributed by atoms with Crippen molar-refractivity contribution in [1.82, 2.24) is 8.61 Å². The van der Waals surface area contributed by atoms with Gasteiger partial charge in [0.15, 0.2) is 17.4 Å². The molecule has 0 saturated carbocycles. The lowest BCUT2D eigenvalue weighted by molar-refractivity contribution is -0.122. The summed E-state index contributed by atoms with van der Waals surface area (Å²) >= 11 is 5.81. The molecule has 1 fully saturated rings. The standard InChI is InChI=1S/C29H27ClF2N4O6S2/c1-34(2)20-8-11-23-18(14-20)4-3-5-27(23)44(40,41)35-12-13-36(26(17-35)29(33)37)43(38,39)22-15-24(31)28(25(32)16-22)42-21-9-6-19(30)7-10-21/h3-11,14-16,26H,12-13,17H2,1-2H3,(H2,33,37)/t26-/m1/s1. The summed E-state index contributed by atoms with van der Waals surface area (Å²) in [5.74, 6) is -4.56. The van der Waals surface area contributed by atoms with Gasteiger partial charge in [-0.2, -0.15) is 8.61 Å². The summed E-state index contributed by atoms with van der Waals surface area (Å²) in [5.41, 5.74) is 6.40. The number of nitrogens with zero attached hydrogens (tertiary/aromatic N) is 3. The van der Waals surface area contributed by atoms with Crippen LogP contribution in [0.4, 0.5) is 14.5 Å². The predicted molar refractivity (Wildman–Crippen MR) is 162 cm³/mol. The number of benzene rings is 4. The molecule has 0 spiro atoms. The molecule has 232 valence electrons. The number of hydrogen-bond donors (Lipinski definition) is 1. The Balaban J connectivity index is 1.43. The van der Waals surface area contributed by atoms with Crippen LogP contribution >= 0.6 is 11.6 Å². The molecule has 0 aromatic heterocycles. The van der Waals surface area contributed by atoms with Crippen molar-refractivity contribution >= 4 is 54.0 Å². The number of fused-ring (bicyclic) bond motifs is 1. The van der Waals surface area contributed by atoms with Crippen molar-refractivity contribution < 1.29 is 35.1 Å². The third-order valence-corrected chi connectivity index (χ3v) is 11.3. The molecule has 1 amide bonds. The molecular formula is C29H27ClF2N4O6S2. The van der Waals surface area contributed by atoms with Crippen molar-refractivity contribution in [3.8, 4) is 11.5 Å². The van der Waals surface area contributed by atoms with E-state index in [1.54, 1.807) is 24.3 Å². The highest BCUT2D eigenvalue weighted by Gasteiger charge is 2.43. The Morgan fingerprint density at radius 2 is 1.59 bits per heavy atom. The maximum absolute atomic E-state index is 15.0. The fourth-order valence-corrected chi connectivity index (χ4v) is 8.28. The summed E-state index contributed by atoms with van der Waals surface area (Å²) in [6, 6.07) is 15.1. The van der Waals surface area contributed by atoms with Gasteiger partial charge in [0.05, 0.1) is 9.79 Å². The summed E-state index contributed by atoms with van der Waals surface area (Å²) in [4.78, 5) is 13.5. The molecule has 0 aliphatic carbocycles. The number of primary amides is 1. The number of piperazine rings is 1. The van der Waals surface area contributed by atoms with Crippen LogP contribution in [0.15, 0.2) is 82.6 Å². The average Bonchev–Trinajstić information content (AvgIpc) is 2.98. The number of nitrogens with two attached hydrogens (primary N) is 1. The molecule has 0 unspecified atom stereocenters. The first kappa shape index (κ1) is 31.6. The van der Waals surface area contributed by atoms with E-state index in [2.05, 4.69) is 0 Å². The monoisotopic (exact) mass is 664 g/mol. The Morgan fingerprint density at radius 3 is 2.20 bits per heavy atom. The Labute approximate surface area is 258 Å². The number of sulfonamides is 2. The molecule has 44 heavy (non-hydrogen) atoms. The van der Waals surface area contributed by atoms with Crippen molar-refractivity contribution in [2.24, 2.45) is 5.73 Å². The zero-order valence-electron chi connectivity index (χ0n) is 23.4. The number of anilines is 1. The summed E-state index contributed by atoms with van der Waals surface area (Å²) in [7, 11) is -5.25. The molecule has 4 aromatic carbocycles. The third-order valence-electron chi connectivity index (χ3n) is 7.19. The summed E-state index contributed by atoms with van der Waals surface area (Å²) < 4.78 is 91.5. The summed E-state index contributed by atoms with van der Waals surface area (Å²) in [6.45, 7) is -1.46. The topological polar surface area (TPSA) is 130 Å². The number of hydrogen-bond acceptors (Lipinski definition) is 7. The van der Waals surface area contributed by atoms with Gasteiger partial charge in [-0.15, -0.1) is 0 Å². The minimum atomic E-state index is -4.72. The SMILES string of the molecule is CN(C)c1ccc2c(S(=O)(=O)N3CCN(S(=O)(=O)c4cc(F)c(Oc5ccc(Cl)cc5)c(F)c4)[C@@H](C(N)=O)C3)cccc2c1. The first-order valence-corrected chi connectivity index (χ1v) is 16.4. The molecule has 0 bridgehead atoms. The molecule has 1 atom stereocenters. The highest BCUT2D eigenvalue weighted by atomic mass is 35.5. The Morgan fingerprint density at radius 1 is 0.932 bits per heavy atom. The van der Waals surface area contributed by atoms with Gasteiger partial charge in [-0.3, -0.25) is 4.79 Å². The van der Waals surface area contributed by atoms with Gasteiger partial charge in [0, 0.05) is 49.8 Å². The van der Waals surface area contributed by atoms with Crippen molar-refractivity contribution in [2.75, 3.05) is 38.6 Å². The lowest BCUT2D eigenvalue weighted by Gasteiger charge is -2.38. The van der Waals surface area contributed by atoms with Gasteiger partial charge >= 0.3 is 0 Å². The van der Waals surface area contributed by atoms with Crippen LogP contribution < -0.4 is 15.4 Å². The first-order valence-electron chi connectivity index (χ1n) is 13.1.